The zero-order valence-electron chi connectivity index (χ0n) is 4.08. The lowest BCUT2D eigenvalue weighted by molar-refractivity contribution is 3.96. The standard InChI is InChI=1S/Br2H8Si5/c1-7(2)5-3-4-6-7/h3-6H2. The van der Waals surface area contributed by atoms with E-state index in [-0.39, 0.29) is 0 Å². The Bertz CT molecular complexity index is 60.5. The second kappa shape index (κ2) is 2.75. The SMILES string of the molecule is Br[Si]1(Br)[SiH2][SiH2][SiH2][SiH2]1. The van der Waals surface area contributed by atoms with Crippen molar-refractivity contribution in [3.63, 3.8) is 0 Å². The molecule has 0 aromatic carbocycles. The zero-order chi connectivity index (χ0) is 5.33. The highest BCUT2D eigenvalue weighted by atomic mass is 79.9. The quantitative estimate of drug-likeness (QED) is 0.347. The summed E-state index contributed by atoms with van der Waals surface area (Å²) in [6.45, 7) is 0. The maximum Gasteiger partial charge on any atom is 0.161 e. The minimum atomic E-state index is -0.514. The van der Waals surface area contributed by atoms with Gasteiger partial charge in [-0.1, -0.05) is 0 Å². The molecule has 7 heavy (non-hydrogen) atoms. The average molecular weight is 308 g/mol. The molecule has 0 unspecified atom stereocenters. The molecule has 1 saturated heterocycles. The van der Waals surface area contributed by atoms with Crippen LogP contribution in [0, 0.1) is 0 Å². The van der Waals surface area contributed by atoms with E-state index in [0.29, 0.717) is 17.1 Å². The summed E-state index contributed by atoms with van der Waals surface area (Å²) in [6.07, 6.45) is 0. The van der Waals surface area contributed by atoms with Crippen LogP contribution in [-0.4, -0.2) is 38.6 Å². The first-order chi connectivity index (χ1) is 3.21. The molecule has 0 bridgehead atoms. The Morgan fingerprint density at radius 2 is 1.43 bits per heavy atom. The zero-order valence-corrected chi connectivity index (χ0v) is 13.9. The van der Waals surface area contributed by atoms with Crippen LogP contribution >= 0.6 is 30.6 Å². The van der Waals surface area contributed by atoms with Crippen LogP contribution in [0.25, 0.3) is 0 Å². The van der Waals surface area contributed by atoms with Gasteiger partial charge in [-0.15, -0.1) is 30.6 Å². The van der Waals surface area contributed by atoms with Gasteiger partial charge in [0, 0.05) is 17.1 Å². The summed E-state index contributed by atoms with van der Waals surface area (Å²) >= 11 is 7.78. The third-order valence-corrected chi connectivity index (χ3v) is 131. The average Bonchev–Trinajstić information content (AvgIpc) is 1.84. The van der Waals surface area contributed by atoms with E-state index in [0.717, 1.165) is 17.1 Å². The van der Waals surface area contributed by atoms with E-state index in [4.69, 9.17) is 0 Å². The molecule has 1 aliphatic rings. The molecule has 0 nitrogen and oxygen atoms in total. The summed E-state index contributed by atoms with van der Waals surface area (Å²) < 4.78 is -0.514. The van der Waals surface area contributed by atoms with Gasteiger partial charge >= 0.3 is 0 Å². The lowest BCUT2D eigenvalue weighted by atomic mass is 26.5. The van der Waals surface area contributed by atoms with Crippen molar-refractivity contribution in [2.45, 2.75) is 0 Å². The third-order valence-electron chi connectivity index (χ3n) is 1.34. The van der Waals surface area contributed by atoms with E-state index in [1.807, 2.05) is 0 Å². The number of hydrogen-bond acceptors (Lipinski definition) is 0. The Hall–Kier alpha value is 2.04. The fourth-order valence-electron chi connectivity index (χ4n) is 0.892. The van der Waals surface area contributed by atoms with Crippen molar-refractivity contribution in [1.82, 2.24) is 0 Å². The summed E-state index contributed by atoms with van der Waals surface area (Å²) in [4.78, 5) is 0. The largest absolute Gasteiger partial charge is 0.161 e. The summed E-state index contributed by atoms with van der Waals surface area (Å²) in [7, 11) is 2.70. The summed E-state index contributed by atoms with van der Waals surface area (Å²) in [5, 5.41) is 0. The first kappa shape index (κ1) is 7.15. The van der Waals surface area contributed by atoms with Crippen molar-refractivity contribution < 1.29 is 0 Å². The van der Waals surface area contributed by atoms with Crippen molar-refractivity contribution >= 4 is 69.2 Å². The number of rotatable bonds is 0. The Labute approximate surface area is 68.6 Å². The predicted molar refractivity (Wildman–Crippen MR) is 57.8 cm³/mol. The van der Waals surface area contributed by atoms with Gasteiger partial charge in [-0.3, -0.25) is 0 Å². The van der Waals surface area contributed by atoms with Crippen LogP contribution in [0.15, 0.2) is 0 Å². The lowest BCUT2D eigenvalue weighted by Gasteiger charge is -2.04. The van der Waals surface area contributed by atoms with Crippen LogP contribution in [0.1, 0.15) is 0 Å². The van der Waals surface area contributed by atoms with Crippen LogP contribution in [0.3, 0.4) is 0 Å². The third kappa shape index (κ3) is 2.41. The molecule has 1 rings (SSSR count). The second-order valence-corrected chi connectivity index (χ2v) is 70.1. The van der Waals surface area contributed by atoms with Gasteiger partial charge in [-0.05, 0) is 17.1 Å². The Morgan fingerprint density at radius 3 is 1.57 bits per heavy atom. The van der Waals surface area contributed by atoms with E-state index in [2.05, 4.69) is 30.6 Å². The fraction of sp³-hybridized carbons (Fsp3) is 0. The minimum Gasteiger partial charge on any atom is -0.120 e. The van der Waals surface area contributed by atoms with Crippen LogP contribution in [-0.2, 0) is 0 Å². The Balaban J connectivity index is 2.40. The fourth-order valence-corrected chi connectivity index (χ4v) is 264. The van der Waals surface area contributed by atoms with Crippen molar-refractivity contribution in [3.8, 4) is 0 Å². The summed E-state index contributed by atoms with van der Waals surface area (Å²) in [5.41, 5.74) is 0. The van der Waals surface area contributed by atoms with E-state index in [1.165, 1.54) is 0 Å². The molecule has 0 radical (unpaired) electrons. The van der Waals surface area contributed by atoms with Gasteiger partial charge in [0.05, 0.1) is 0 Å². The van der Waals surface area contributed by atoms with Crippen molar-refractivity contribution in [1.29, 1.82) is 0 Å². The molecule has 0 N–H and O–H groups in total. The highest BCUT2D eigenvalue weighted by molar-refractivity contribution is 9.55. The van der Waals surface area contributed by atoms with Crippen molar-refractivity contribution in [2.24, 2.45) is 0 Å². The topological polar surface area (TPSA) is 0 Å². The summed E-state index contributed by atoms with van der Waals surface area (Å²) in [5.74, 6) is 0. The second-order valence-electron chi connectivity index (χ2n) is 2.06. The molecule has 0 atom stereocenters. The van der Waals surface area contributed by atoms with Crippen LogP contribution < -0.4 is 0 Å². The smallest absolute Gasteiger partial charge is 0.120 e. The van der Waals surface area contributed by atoms with Gasteiger partial charge in [-0.2, -0.15) is 0 Å². The molecule has 42 valence electrons. The number of hydrogen-bond donors (Lipinski definition) is 0. The maximum absolute atomic E-state index is 3.89. The van der Waals surface area contributed by atoms with Gasteiger partial charge in [-0.25, -0.2) is 0 Å². The minimum absolute atomic E-state index is 0.514. The highest BCUT2D eigenvalue weighted by Gasteiger charge is 2.31. The molecule has 0 saturated carbocycles. The lowest BCUT2D eigenvalue weighted by Crippen LogP contribution is -2.29. The molecule has 7 heteroatoms. The molecule has 1 fully saturated rings. The maximum atomic E-state index is 3.89. The van der Waals surface area contributed by atoms with Crippen molar-refractivity contribution in [2.75, 3.05) is 0 Å². The first-order valence-electron chi connectivity index (χ1n) is 2.59. The van der Waals surface area contributed by atoms with Gasteiger partial charge in [0.1, 0.15) is 0 Å². The molecule has 0 aromatic rings. The highest BCUT2D eigenvalue weighted by Crippen LogP contribution is 2.18. The van der Waals surface area contributed by atoms with E-state index in [1.54, 1.807) is 0 Å². The molecular weight excluding hydrogens is 300 g/mol. The predicted octanol–water partition coefficient (Wildman–Crippen LogP) is -2.35. The molecule has 0 amide bonds. The van der Waals surface area contributed by atoms with E-state index >= 15 is 0 Å². The van der Waals surface area contributed by atoms with Crippen LogP contribution in [0.4, 0.5) is 0 Å². The van der Waals surface area contributed by atoms with E-state index < -0.39 is 4.35 Å². The molecular formula is H8Br2Si5. The van der Waals surface area contributed by atoms with Gasteiger partial charge in [0.2, 0.25) is 0 Å². The normalized spacial score (nSPS) is 42.0. The molecule has 1 heterocycles. The monoisotopic (exact) mass is 306 g/mol. The molecule has 1 aliphatic heterocycles. The summed E-state index contributed by atoms with van der Waals surface area (Å²) in [6, 6.07) is 0. The van der Waals surface area contributed by atoms with Gasteiger partial charge < -0.3 is 0 Å². The molecule has 0 spiro atoms. The van der Waals surface area contributed by atoms with Gasteiger partial charge in [0.15, 0.2) is 4.35 Å². The Kier molecular flexibility index (Phi) is 2.81. The van der Waals surface area contributed by atoms with Crippen molar-refractivity contribution in [3.05, 3.63) is 0 Å². The van der Waals surface area contributed by atoms with Crippen LogP contribution in [0.2, 0.25) is 0 Å². The Morgan fingerprint density at radius 1 is 1.00 bits per heavy atom. The molecule has 0 aliphatic carbocycles. The van der Waals surface area contributed by atoms with E-state index in [9.17, 15) is 0 Å². The first-order valence-corrected chi connectivity index (χ1v) is 25.8. The van der Waals surface area contributed by atoms with Crippen LogP contribution in [0.5, 0.6) is 0 Å². The molecule has 0 aromatic heterocycles. The number of halogens is 2. The van der Waals surface area contributed by atoms with Gasteiger partial charge in [0.25, 0.3) is 0 Å².